The second-order valence-electron chi connectivity index (χ2n) is 6.59. The van der Waals surface area contributed by atoms with Crippen LogP contribution >= 0.6 is 0 Å². The van der Waals surface area contributed by atoms with Gasteiger partial charge in [-0.25, -0.2) is 4.68 Å². The molecule has 1 unspecified atom stereocenters. The van der Waals surface area contributed by atoms with Crippen molar-refractivity contribution >= 4 is 5.91 Å². The molecule has 2 heterocycles. The lowest BCUT2D eigenvalue weighted by molar-refractivity contribution is 0.0673. The van der Waals surface area contributed by atoms with Crippen molar-refractivity contribution in [1.29, 1.82) is 0 Å². The van der Waals surface area contributed by atoms with Crippen LogP contribution in [0.5, 0.6) is 5.88 Å². The van der Waals surface area contributed by atoms with Gasteiger partial charge in [-0.05, 0) is 31.2 Å². The summed E-state index contributed by atoms with van der Waals surface area (Å²) >= 11 is 0. The number of ether oxygens (including phenoxy) is 1. The highest BCUT2D eigenvalue weighted by Crippen LogP contribution is 2.22. The van der Waals surface area contributed by atoms with Gasteiger partial charge in [0.05, 0.1) is 13.7 Å². The largest absolute Gasteiger partial charge is 0.479 e. The molecule has 0 N–H and O–H groups in total. The maximum atomic E-state index is 12.8. The lowest BCUT2D eigenvalue weighted by Crippen LogP contribution is -2.39. The van der Waals surface area contributed by atoms with Gasteiger partial charge >= 0.3 is 0 Å². The van der Waals surface area contributed by atoms with Crippen LogP contribution < -0.4 is 4.74 Å². The number of likely N-dealkylation sites (tertiary alicyclic amines) is 1. The molecule has 1 atom stereocenters. The van der Waals surface area contributed by atoms with Crippen molar-refractivity contribution in [1.82, 2.24) is 19.9 Å². The maximum absolute atomic E-state index is 12.8. The van der Waals surface area contributed by atoms with Crippen LogP contribution in [0.4, 0.5) is 0 Å². The van der Waals surface area contributed by atoms with Crippen molar-refractivity contribution < 1.29 is 9.53 Å². The second-order valence-corrected chi connectivity index (χ2v) is 6.59. The summed E-state index contributed by atoms with van der Waals surface area (Å²) in [5.41, 5.74) is 2.60. The van der Waals surface area contributed by atoms with E-state index >= 15 is 0 Å². The highest BCUT2D eigenvalue weighted by atomic mass is 16.5. The summed E-state index contributed by atoms with van der Waals surface area (Å²) in [5, 5.41) is 8.23. The SMILES string of the molecule is COc1c(C(=O)N2CCCC(C)C2)nnn1Cc1ccc(C)cc1. The number of hydrogen-bond acceptors (Lipinski definition) is 4. The van der Waals surface area contributed by atoms with Crippen LogP contribution in [0, 0.1) is 12.8 Å². The van der Waals surface area contributed by atoms with Crippen LogP contribution in [-0.4, -0.2) is 46.0 Å². The van der Waals surface area contributed by atoms with Crippen LogP contribution in [0.15, 0.2) is 24.3 Å². The summed E-state index contributed by atoms with van der Waals surface area (Å²) in [6, 6.07) is 8.20. The van der Waals surface area contributed by atoms with Crippen LogP contribution in [0.3, 0.4) is 0 Å². The molecule has 6 nitrogen and oxygen atoms in total. The van der Waals surface area contributed by atoms with Gasteiger partial charge in [-0.1, -0.05) is 42.0 Å². The number of aryl methyl sites for hydroxylation is 1. The summed E-state index contributed by atoms with van der Waals surface area (Å²) in [6.45, 7) is 6.30. The van der Waals surface area contributed by atoms with E-state index in [1.54, 1.807) is 11.8 Å². The Labute approximate surface area is 142 Å². The lowest BCUT2D eigenvalue weighted by Gasteiger charge is -2.30. The number of methoxy groups -OCH3 is 1. The van der Waals surface area contributed by atoms with Gasteiger partial charge in [0.2, 0.25) is 11.6 Å². The van der Waals surface area contributed by atoms with Gasteiger partial charge in [-0.3, -0.25) is 4.79 Å². The molecule has 1 aromatic heterocycles. The van der Waals surface area contributed by atoms with E-state index < -0.39 is 0 Å². The van der Waals surface area contributed by atoms with Crippen molar-refractivity contribution in [3.05, 3.63) is 41.1 Å². The van der Waals surface area contributed by atoms with E-state index in [0.717, 1.165) is 25.1 Å². The number of rotatable bonds is 4. The third kappa shape index (κ3) is 3.42. The molecule has 1 aliphatic rings. The van der Waals surface area contributed by atoms with E-state index in [-0.39, 0.29) is 5.91 Å². The molecule has 0 aliphatic carbocycles. The topological polar surface area (TPSA) is 60.2 Å². The first kappa shape index (κ1) is 16.5. The van der Waals surface area contributed by atoms with Crippen LogP contribution in [-0.2, 0) is 6.54 Å². The van der Waals surface area contributed by atoms with Gasteiger partial charge in [-0.15, -0.1) is 5.10 Å². The van der Waals surface area contributed by atoms with E-state index in [9.17, 15) is 4.79 Å². The maximum Gasteiger partial charge on any atom is 0.280 e. The Morgan fingerprint density at radius 1 is 1.33 bits per heavy atom. The van der Waals surface area contributed by atoms with Gasteiger partial charge < -0.3 is 9.64 Å². The molecule has 6 heteroatoms. The van der Waals surface area contributed by atoms with Gasteiger partial charge in [-0.2, -0.15) is 0 Å². The van der Waals surface area contributed by atoms with Gasteiger partial charge in [0.1, 0.15) is 0 Å². The van der Waals surface area contributed by atoms with Crippen LogP contribution in [0.1, 0.15) is 41.4 Å². The predicted molar refractivity (Wildman–Crippen MR) is 91.2 cm³/mol. The molecule has 1 aromatic carbocycles. The molecule has 1 aliphatic heterocycles. The number of aromatic nitrogens is 3. The number of carbonyl (C=O) groups excluding carboxylic acids is 1. The molecule has 1 amide bonds. The smallest absolute Gasteiger partial charge is 0.280 e. The first-order chi connectivity index (χ1) is 11.6. The van der Waals surface area contributed by atoms with Crippen molar-refractivity contribution in [3.63, 3.8) is 0 Å². The summed E-state index contributed by atoms with van der Waals surface area (Å²) in [5.74, 6) is 0.864. The van der Waals surface area contributed by atoms with Crippen molar-refractivity contribution in [2.45, 2.75) is 33.2 Å². The zero-order valence-electron chi connectivity index (χ0n) is 14.5. The average Bonchev–Trinajstić information content (AvgIpc) is 2.98. The van der Waals surface area contributed by atoms with Crippen molar-refractivity contribution in [3.8, 4) is 5.88 Å². The van der Waals surface area contributed by atoms with Gasteiger partial charge in [0, 0.05) is 13.1 Å². The van der Waals surface area contributed by atoms with Crippen LogP contribution in [0.25, 0.3) is 0 Å². The number of benzene rings is 1. The van der Waals surface area contributed by atoms with E-state index in [0.29, 0.717) is 24.0 Å². The third-order valence-electron chi connectivity index (χ3n) is 4.48. The Morgan fingerprint density at radius 3 is 2.75 bits per heavy atom. The average molecular weight is 328 g/mol. The Kier molecular flexibility index (Phi) is 4.83. The molecule has 0 bridgehead atoms. The molecule has 3 rings (SSSR count). The number of piperidine rings is 1. The Balaban J connectivity index is 1.81. The Morgan fingerprint density at radius 2 is 2.08 bits per heavy atom. The van der Waals surface area contributed by atoms with Crippen molar-refractivity contribution in [2.24, 2.45) is 5.92 Å². The molecule has 0 radical (unpaired) electrons. The number of carbonyl (C=O) groups is 1. The lowest BCUT2D eigenvalue weighted by atomic mass is 10.00. The highest BCUT2D eigenvalue weighted by Gasteiger charge is 2.28. The van der Waals surface area contributed by atoms with E-state index in [1.807, 2.05) is 17.0 Å². The molecule has 128 valence electrons. The zero-order chi connectivity index (χ0) is 17.1. The minimum atomic E-state index is -0.0893. The van der Waals surface area contributed by atoms with E-state index in [2.05, 4.69) is 36.3 Å². The fourth-order valence-corrected chi connectivity index (χ4v) is 3.13. The minimum Gasteiger partial charge on any atom is -0.479 e. The summed E-state index contributed by atoms with van der Waals surface area (Å²) in [4.78, 5) is 14.6. The molecular formula is C18H24N4O2. The van der Waals surface area contributed by atoms with Crippen molar-refractivity contribution in [2.75, 3.05) is 20.2 Å². The normalized spacial score (nSPS) is 17.8. The van der Waals surface area contributed by atoms with Gasteiger partial charge in [0.25, 0.3) is 5.91 Å². The monoisotopic (exact) mass is 328 g/mol. The second kappa shape index (κ2) is 7.03. The quantitative estimate of drug-likeness (QED) is 0.865. The fourth-order valence-electron chi connectivity index (χ4n) is 3.13. The Hall–Kier alpha value is -2.37. The highest BCUT2D eigenvalue weighted by molar-refractivity contribution is 5.94. The molecule has 0 saturated carbocycles. The molecule has 2 aromatic rings. The first-order valence-corrected chi connectivity index (χ1v) is 8.40. The van der Waals surface area contributed by atoms with E-state index in [4.69, 9.17) is 4.74 Å². The minimum absolute atomic E-state index is 0.0893. The van der Waals surface area contributed by atoms with Crippen LogP contribution in [0.2, 0.25) is 0 Å². The fraction of sp³-hybridized carbons (Fsp3) is 0.500. The summed E-state index contributed by atoms with van der Waals surface area (Å²) in [7, 11) is 1.56. The Bertz CT molecular complexity index is 708. The molecule has 0 spiro atoms. The summed E-state index contributed by atoms with van der Waals surface area (Å²) < 4.78 is 7.09. The molecule has 1 saturated heterocycles. The zero-order valence-corrected chi connectivity index (χ0v) is 14.5. The third-order valence-corrected chi connectivity index (χ3v) is 4.48. The first-order valence-electron chi connectivity index (χ1n) is 8.40. The van der Waals surface area contributed by atoms with Gasteiger partial charge in [0.15, 0.2) is 0 Å². The standard InChI is InChI=1S/C18H24N4O2/c1-13-6-8-15(9-7-13)12-22-18(24-3)16(19-20-22)17(23)21-10-4-5-14(2)11-21/h6-9,14H,4-5,10-12H2,1-3H3. The molecular weight excluding hydrogens is 304 g/mol. The molecule has 1 fully saturated rings. The number of amides is 1. The number of hydrogen-bond donors (Lipinski definition) is 0. The number of nitrogens with zero attached hydrogens (tertiary/aromatic N) is 4. The summed E-state index contributed by atoms with van der Waals surface area (Å²) in [6.07, 6.45) is 2.20. The molecule has 24 heavy (non-hydrogen) atoms. The predicted octanol–water partition coefficient (Wildman–Crippen LogP) is 2.52. The van der Waals surface area contributed by atoms with E-state index in [1.165, 1.54) is 12.0 Å².